The number of unbranched alkanes of at least 4 members (excludes halogenated alkanes) is 8. The predicted molar refractivity (Wildman–Crippen MR) is 79.3 cm³/mol. The summed E-state index contributed by atoms with van der Waals surface area (Å²) < 4.78 is 41.5. The average Bonchev–Trinajstić information content (AvgIpc) is 2.42. The molecule has 1 unspecified atom stereocenters. The molecule has 0 aliphatic carbocycles. The number of hydrogen-bond donors (Lipinski definition) is 1. The van der Waals surface area contributed by atoms with Gasteiger partial charge in [-0.15, -0.1) is 0 Å². The van der Waals surface area contributed by atoms with E-state index in [1.165, 1.54) is 38.5 Å². The van der Waals surface area contributed by atoms with Crippen molar-refractivity contribution in [3.8, 4) is 0 Å². The van der Waals surface area contributed by atoms with E-state index in [0.717, 1.165) is 19.4 Å². The van der Waals surface area contributed by atoms with Crippen LogP contribution in [0.3, 0.4) is 0 Å². The van der Waals surface area contributed by atoms with Gasteiger partial charge in [-0.3, -0.25) is 0 Å². The second kappa shape index (κ2) is 13.4. The number of ether oxygens (including phenoxy) is 1. The molecular weight excluding hydrogens is 281 g/mol. The zero-order valence-corrected chi connectivity index (χ0v) is 13.3. The van der Waals surface area contributed by atoms with E-state index in [9.17, 15) is 13.2 Å². The fraction of sp³-hybridized carbons (Fsp3) is 1.00. The highest BCUT2D eigenvalue weighted by molar-refractivity contribution is 4.64. The molecule has 0 aliphatic rings. The molecule has 0 fully saturated rings. The number of rotatable bonds is 14. The maximum atomic E-state index is 12.0. The van der Waals surface area contributed by atoms with Gasteiger partial charge in [0, 0.05) is 13.2 Å². The Kier molecular flexibility index (Phi) is 13.2. The summed E-state index contributed by atoms with van der Waals surface area (Å²) in [6.45, 7) is 3.56. The Labute approximate surface area is 127 Å². The summed E-state index contributed by atoms with van der Waals surface area (Å²) >= 11 is 0. The minimum absolute atomic E-state index is 0.207. The van der Waals surface area contributed by atoms with Crippen LogP contribution in [0.1, 0.15) is 77.6 Å². The standard InChI is InChI=1S/C16H31F3O2/c1-2-3-4-5-6-7-10-13-21-14-11-8-9-12-15(20)16(17,18)19/h15,20H,2-14H2,1H3. The van der Waals surface area contributed by atoms with Crippen molar-refractivity contribution in [1.29, 1.82) is 0 Å². The first kappa shape index (κ1) is 20.7. The molecule has 0 aromatic carbocycles. The Bertz CT molecular complexity index is 220. The molecule has 0 saturated carbocycles. The van der Waals surface area contributed by atoms with Gasteiger partial charge in [0.05, 0.1) is 0 Å². The summed E-state index contributed by atoms with van der Waals surface area (Å²) in [5, 5.41) is 8.81. The maximum absolute atomic E-state index is 12.0. The Hall–Kier alpha value is -0.290. The van der Waals surface area contributed by atoms with Crippen molar-refractivity contribution in [2.45, 2.75) is 89.8 Å². The van der Waals surface area contributed by atoms with E-state index in [1.807, 2.05) is 0 Å². The van der Waals surface area contributed by atoms with E-state index in [2.05, 4.69) is 6.92 Å². The molecule has 0 amide bonds. The lowest BCUT2D eigenvalue weighted by Gasteiger charge is -2.13. The first-order chi connectivity index (χ1) is 9.98. The third kappa shape index (κ3) is 14.4. The number of hydrogen-bond acceptors (Lipinski definition) is 2. The minimum Gasteiger partial charge on any atom is -0.384 e. The van der Waals surface area contributed by atoms with Crippen LogP contribution in [-0.2, 0) is 4.74 Å². The molecule has 1 N–H and O–H groups in total. The smallest absolute Gasteiger partial charge is 0.384 e. The topological polar surface area (TPSA) is 29.5 Å². The van der Waals surface area contributed by atoms with E-state index in [1.54, 1.807) is 0 Å². The molecule has 0 rings (SSSR count). The van der Waals surface area contributed by atoms with Gasteiger partial charge in [-0.2, -0.15) is 13.2 Å². The van der Waals surface area contributed by atoms with Gasteiger partial charge in [0.15, 0.2) is 0 Å². The Morgan fingerprint density at radius 3 is 1.81 bits per heavy atom. The van der Waals surface area contributed by atoms with Crippen molar-refractivity contribution >= 4 is 0 Å². The lowest BCUT2D eigenvalue weighted by molar-refractivity contribution is -0.205. The fourth-order valence-corrected chi connectivity index (χ4v) is 2.15. The van der Waals surface area contributed by atoms with Crippen LogP contribution in [0.25, 0.3) is 0 Å². The van der Waals surface area contributed by atoms with E-state index >= 15 is 0 Å². The second-order valence-electron chi connectivity index (χ2n) is 5.64. The zero-order chi connectivity index (χ0) is 16.0. The first-order valence-electron chi connectivity index (χ1n) is 8.31. The molecule has 2 nitrogen and oxygen atoms in total. The number of aliphatic hydroxyl groups is 1. The van der Waals surface area contributed by atoms with E-state index in [0.29, 0.717) is 19.4 Å². The fourth-order valence-electron chi connectivity index (χ4n) is 2.15. The monoisotopic (exact) mass is 312 g/mol. The summed E-state index contributed by atoms with van der Waals surface area (Å²) in [6, 6.07) is 0. The summed E-state index contributed by atoms with van der Waals surface area (Å²) in [7, 11) is 0. The third-order valence-corrected chi connectivity index (χ3v) is 3.54. The summed E-state index contributed by atoms with van der Waals surface area (Å²) in [6.07, 6.45) is 3.70. The molecule has 0 aromatic rings. The average molecular weight is 312 g/mol. The molecule has 1 atom stereocenters. The molecule has 128 valence electrons. The van der Waals surface area contributed by atoms with Crippen LogP contribution < -0.4 is 0 Å². The van der Waals surface area contributed by atoms with Crippen LogP contribution in [0.4, 0.5) is 13.2 Å². The van der Waals surface area contributed by atoms with Gasteiger partial charge in [0.2, 0.25) is 0 Å². The normalized spacial score (nSPS) is 13.6. The van der Waals surface area contributed by atoms with Crippen molar-refractivity contribution < 1.29 is 23.0 Å². The van der Waals surface area contributed by atoms with Crippen LogP contribution >= 0.6 is 0 Å². The first-order valence-corrected chi connectivity index (χ1v) is 8.31. The van der Waals surface area contributed by atoms with Gasteiger partial charge < -0.3 is 9.84 Å². The molecule has 0 radical (unpaired) electrons. The second-order valence-corrected chi connectivity index (χ2v) is 5.64. The van der Waals surface area contributed by atoms with Crippen LogP contribution in [0.15, 0.2) is 0 Å². The Morgan fingerprint density at radius 1 is 0.810 bits per heavy atom. The van der Waals surface area contributed by atoms with Gasteiger partial charge in [0.25, 0.3) is 0 Å². The molecular formula is C16H31F3O2. The van der Waals surface area contributed by atoms with Gasteiger partial charge in [-0.05, 0) is 19.3 Å². The van der Waals surface area contributed by atoms with Gasteiger partial charge >= 0.3 is 6.18 Å². The van der Waals surface area contributed by atoms with Crippen molar-refractivity contribution in [3.63, 3.8) is 0 Å². The lowest BCUT2D eigenvalue weighted by atomic mass is 10.1. The predicted octanol–water partition coefficient (Wildman–Crippen LogP) is 5.24. The number of halogens is 3. The van der Waals surface area contributed by atoms with Gasteiger partial charge in [0.1, 0.15) is 6.10 Å². The summed E-state index contributed by atoms with van der Waals surface area (Å²) in [5.74, 6) is 0. The van der Waals surface area contributed by atoms with Crippen molar-refractivity contribution in [3.05, 3.63) is 0 Å². The number of alkyl halides is 3. The van der Waals surface area contributed by atoms with Crippen LogP contribution in [-0.4, -0.2) is 30.6 Å². The van der Waals surface area contributed by atoms with E-state index in [-0.39, 0.29) is 6.42 Å². The highest BCUT2D eigenvalue weighted by atomic mass is 19.4. The SMILES string of the molecule is CCCCCCCCCOCCCCCC(O)C(F)(F)F. The molecule has 0 spiro atoms. The molecule has 0 bridgehead atoms. The summed E-state index contributed by atoms with van der Waals surface area (Å²) in [4.78, 5) is 0. The maximum Gasteiger partial charge on any atom is 0.414 e. The highest BCUT2D eigenvalue weighted by Crippen LogP contribution is 2.23. The van der Waals surface area contributed by atoms with Crippen LogP contribution in [0, 0.1) is 0 Å². The molecule has 0 saturated heterocycles. The van der Waals surface area contributed by atoms with Crippen LogP contribution in [0.5, 0.6) is 0 Å². The lowest BCUT2D eigenvalue weighted by Crippen LogP contribution is -2.28. The molecule has 21 heavy (non-hydrogen) atoms. The molecule has 5 heteroatoms. The van der Waals surface area contributed by atoms with Crippen molar-refractivity contribution in [1.82, 2.24) is 0 Å². The molecule has 0 aliphatic heterocycles. The summed E-state index contributed by atoms with van der Waals surface area (Å²) in [5.41, 5.74) is 0. The number of aliphatic hydroxyl groups excluding tert-OH is 1. The third-order valence-electron chi connectivity index (χ3n) is 3.54. The largest absolute Gasteiger partial charge is 0.414 e. The zero-order valence-electron chi connectivity index (χ0n) is 13.3. The molecule has 0 aromatic heterocycles. The Balaban J connectivity index is 3.13. The van der Waals surface area contributed by atoms with E-state index in [4.69, 9.17) is 9.84 Å². The van der Waals surface area contributed by atoms with Crippen LogP contribution in [0.2, 0.25) is 0 Å². The minimum atomic E-state index is -4.48. The Morgan fingerprint density at radius 2 is 1.29 bits per heavy atom. The highest BCUT2D eigenvalue weighted by Gasteiger charge is 2.37. The van der Waals surface area contributed by atoms with Crippen molar-refractivity contribution in [2.24, 2.45) is 0 Å². The van der Waals surface area contributed by atoms with Gasteiger partial charge in [-0.25, -0.2) is 0 Å². The van der Waals surface area contributed by atoms with E-state index < -0.39 is 12.3 Å². The van der Waals surface area contributed by atoms with Gasteiger partial charge in [-0.1, -0.05) is 58.3 Å². The quantitative estimate of drug-likeness (QED) is 0.445. The molecule has 0 heterocycles. The van der Waals surface area contributed by atoms with Crippen molar-refractivity contribution in [2.75, 3.05) is 13.2 Å².